The van der Waals surface area contributed by atoms with Crippen molar-refractivity contribution in [3.05, 3.63) is 35.9 Å². The Morgan fingerprint density at radius 3 is 2.29 bits per heavy atom. The van der Waals surface area contributed by atoms with E-state index in [9.17, 15) is 5.11 Å². The molecule has 0 heterocycles. The summed E-state index contributed by atoms with van der Waals surface area (Å²) in [6.45, 7) is 6.14. The first-order chi connectivity index (χ1) is 8.24. The molecule has 96 valence electrons. The van der Waals surface area contributed by atoms with E-state index in [1.54, 1.807) is 0 Å². The van der Waals surface area contributed by atoms with E-state index in [0.717, 1.165) is 26.1 Å². The third kappa shape index (κ3) is 5.85. The summed E-state index contributed by atoms with van der Waals surface area (Å²) in [4.78, 5) is 0. The predicted molar refractivity (Wildman–Crippen MR) is 71.2 cm³/mol. The molecule has 2 heteroatoms. The molecule has 0 aliphatic heterocycles. The van der Waals surface area contributed by atoms with Crippen molar-refractivity contribution in [2.24, 2.45) is 5.92 Å². The second-order valence-corrected chi connectivity index (χ2v) is 4.87. The highest BCUT2D eigenvalue weighted by molar-refractivity contribution is 5.19. The molecule has 17 heavy (non-hydrogen) atoms. The van der Waals surface area contributed by atoms with Crippen LogP contribution in [-0.4, -0.2) is 24.9 Å². The van der Waals surface area contributed by atoms with Crippen LogP contribution in [0.15, 0.2) is 30.3 Å². The maximum Gasteiger partial charge on any atom is 0.0500 e. The van der Waals surface area contributed by atoms with Gasteiger partial charge in [0.15, 0.2) is 0 Å². The summed E-state index contributed by atoms with van der Waals surface area (Å²) in [6.07, 6.45) is 1.99. The summed E-state index contributed by atoms with van der Waals surface area (Å²) in [5, 5.41) is 9.37. The molecule has 0 saturated carbocycles. The van der Waals surface area contributed by atoms with Gasteiger partial charge in [0.25, 0.3) is 0 Å². The van der Waals surface area contributed by atoms with E-state index in [-0.39, 0.29) is 12.5 Å². The van der Waals surface area contributed by atoms with Gasteiger partial charge < -0.3 is 9.84 Å². The molecule has 0 aliphatic carbocycles. The predicted octanol–water partition coefficient (Wildman–Crippen LogP) is 3.22. The fourth-order valence-electron chi connectivity index (χ4n) is 1.74. The second-order valence-electron chi connectivity index (χ2n) is 4.87. The third-order valence-electron chi connectivity index (χ3n) is 2.94. The van der Waals surface area contributed by atoms with E-state index in [1.807, 2.05) is 18.2 Å². The largest absolute Gasteiger partial charge is 0.396 e. The molecule has 0 aromatic heterocycles. The Kier molecular flexibility index (Phi) is 6.90. The lowest BCUT2D eigenvalue weighted by atomic mass is 9.97. The molecule has 0 aliphatic rings. The van der Waals surface area contributed by atoms with Crippen molar-refractivity contribution in [2.75, 3.05) is 19.8 Å². The third-order valence-corrected chi connectivity index (χ3v) is 2.94. The molecule has 1 N–H and O–H groups in total. The second kappa shape index (κ2) is 8.26. The molecule has 0 bridgehead atoms. The van der Waals surface area contributed by atoms with Crippen LogP contribution in [0.5, 0.6) is 0 Å². The minimum atomic E-state index is 0.192. The molecule has 0 amide bonds. The summed E-state index contributed by atoms with van der Waals surface area (Å²) in [7, 11) is 0. The van der Waals surface area contributed by atoms with Gasteiger partial charge in [0, 0.05) is 19.1 Å². The molecular weight excluding hydrogens is 212 g/mol. The number of aliphatic hydroxyl groups excluding tert-OH is 1. The number of hydrogen-bond acceptors (Lipinski definition) is 2. The van der Waals surface area contributed by atoms with Crippen LogP contribution in [-0.2, 0) is 4.74 Å². The molecule has 1 rings (SSSR count). The highest BCUT2D eigenvalue weighted by Crippen LogP contribution is 2.18. The van der Waals surface area contributed by atoms with E-state index in [0.29, 0.717) is 5.92 Å². The maximum absolute atomic E-state index is 9.37. The fourth-order valence-corrected chi connectivity index (χ4v) is 1.74. The van der Waals surface area contributed by atoms with Crippen LogP contribution in [0.3, 0.4) is 0 Å². The molecule has 0 fully saturated rings. The van der Waals surface area contributed by atoms with E-state index in [2.05, 4.69) is 26.0 Å². The number of benzene rings is 1. The van der Waals surface area contributed by atoms with E-state index in [1.165, 1.54) is 5.56 Å². The van der Waals surface area contributed by atoms with Crippen molar-refractivity contribution in [3.63, 3.8) is 0 Å². The van der Waals surface area contributed by atoms with Gasteiger partial charge in [-0.15, -0.1) is 0 Å². The Bertz CT molecular complexity index is 282. The van der Waals surface area contributed by atoms with Gasteiger partial charge in [-0.1, -0.05) is 44.2 Å². The summed E-state index contributed by atoms with van der Waals surface area (Å²) in [5.41, 5.74) is 1.20. The van der Waals surface area contributed by atoms with Crippen LogP contribution in [0.4, 0.5) is 0 Å². The van der Waals surface area contributed by atoms with Gasteiger partial charge in [-0.25, -0.2) is 0 Å². The normalized spacial score (nSPS) is 12.9. The molecule has 1 unspecified atom stereocenters. The molecule has 0 spiro atoms. The van der Waals surface area contributed by atoms with Crippen LogP contribution in [0.25, 0.3) is 0 Å². The first-order valence-corrected chi connectivity index (χ1v) is 6.47. The Labute approximate surface area is 105 Å². The Hall–Kier alpha value is -0.860. The lowest BCUT2D eigenvalue weighted by Crippen LogP contribution is -2.09. The van der Waals surface area contributed by atoms with Crippen LogP contribution in [0.1, 0.15) is 38.2 Å². The first kappa shape index (κ1) is 14.2. The molecule has 0 saturated heterocycles. The number of aliphatic hydroxyl groups is 1. The Balaban J connectivity index is 2.24. The van der Waals surface area contributed by atoms with Crippen LogP contribution in [0.2, 0.25) is 0 Å². The van der Waals surface area contributed by atoms with E-state index >= 15 is 0 Å². The quantitative estimate of drug-likeness (QED) is 0.702. The van der Waals surface area contributed by atoms with E-state index < -0.39 is 0 Å². The molecule has 1 aromatic carbocycles. The van der Waals surface area contributed by atoms with Gasteiger partial charge in [-0.3, -0.25) is 0 Å². The zero-order valence-electron chi connectivity index (χ0n) is 10.9. The van der Waals surface area contributed by atoms with Crippen LogP contribution < -0.4 is 0 Å². The molecule has 2 nitrogen and oxygen atoms in total. The SMILES string of the molecule is CC(C)CCOCCC(CO)c1ccccc1. The van der Waals surface area contributed by atoms with E-state index in [4.69, 9.17) is 4.74 Å². The molecular formula is C15H24O2. The molecule has 1 atom stereocenters. The monoisotopic (exact) mass is 236 g/mol. The van der Waals surface area contributed by atoms with Gasteiger partial charge in [-0.2, -0.15) is 0 Å². The first-order valence-electron chi connectivity index (χ1n) is 6.47. The zero-order chi connectivity index (χ0) is 12.5. The lowest BCUT2D eigenvalue weighted by Gasteiger charge is -2.14. The van der Waals surface area contributed by atoms with Gasteiger partial charge in [0.1, 0.15) is 0 Å². The average Bonchev–Trinajstić information content (AvgIpc) is 2.34. The summed E-state index contributed by atoms with van der Waals surface area (Å²) < 4.78 is 5.59. The standard InChI is InChI=1S/C15H24O2/c1-13(2)8-10-17-11-9-15(12-16)14-6-4-3-5-7-14/h3-7,13,15-16H,8-12H2,1-2H3. The highest BCUT2D eigenvalue weighted by Gasteiger charge is 2.09. The maximum atomic E-state index is 9.37. The Morgan fingerprint density at radius 1 is 1.06 bits per heavy atom. The summed E-state index contributed by atoms with van der Waals surface area (Å²) in [6, 6.07) is 10.1. The number of ether oxygens (including phenoxy) is 1. The minimum Gasteiger partial charge on any atom is -0.396 e. The smallest absolute Gasteiger partial charge is 0.0500 e. The van der Waals surface area contributed by atoms with Crippen LogP contribution in [0, 0.1) is 5.92 Å². The summed E-state index contributed by atoms with van der Waals surface area (Å²) >= 11 is 0. The number of rotatable bonds is 8. The zero-order valence-corrected chi connectivity index (χ0v) is 10.9. The Morgan fingerprint density at radius 2 is 1.71 bits per heavy atom. The topological polar surface area (TPSA) is 29.5 Å². The van der Waals surface area contributed by atoms with Crippen molar-refractivity contribution in [1.82, 2.24) is 0 Å². The van der Waals surface area contributed by atoms with Gasteiger partial charge in [0.05, 0.1) is 6.61 Å². The van der Waals surface area contributed by atoms with Crippen molar-refractivity contribution in [2.45, 2.75) is 32.6 Å². The molecule has 1 aromatic rings. The molecule has 0 radical (unpaired) electrons. The fraction of sp³-hybridized carbons (Fsp3) is 0.600. The van der Waals surface area contributed by atoms with Gasteiger partial charge >= 0.3 is 0 Å². The number of hydrogen-bond donors (Lipinski definition) is 1. The van der Waals surface area contributed by atoms with Crippen molar-refractivity contribution >= 4 is 0 Å². The van der Waals surface area contributed by atoms with Crippen molar-refractivity contribution in [1.29, 1.82) is 0 Å². The minimum absolute atomic E-state index is 0.192. The van der Waals surface area contributed by atoms with Crippen molar-refractivity contribution < 1.29 is 9.84 Å². The average molecular weight is 236 g/mol. The summed E-state index contributed by atoms with van der Waals surface area (Å²) in [5.74, 6) is 0.896. The lowest BCUT2D eigenvalue weighted by molar-refractivity contribution is 0.110. The van der Waals surface area contributed by atoms with Crippen LogP contribution >= 0.6 is 0 Å². The van der Waals surface area contributed by atoms with Gasteiger partial charge in [-0.05, 0) is 24.3 Å². The highest BCUT2D eigenvalue weighted by atomic mass is 16.5. The van der Waals surface area contributed by atoms with Crippen molar-refractivity contribution in [3.8, 4) is 0 Å². The van der Waals surface area contributed by atoms with Gasteiger partial charge in [0.2, 0.25) is 0 Å².